The van der Waals surface area contributed by atoms with Gasteiger partial charge in [-0.3, -0.25) is 4.79 Å². The molecule has 0 fully saturated rings. The molecule has 0 radical (unpaired) electrons. The number of nitrogens with two attached hydrogens (primary N) is 1. The molecule has 3 N–H and O–H groups in total. The van der Waals surface area contributed by atoms with Crippen molar-refractivity contribution in [1.82, 2.24) is 0 Å². The number of hydrogen-bond donors (Lipinski definition) is 2. The lowest BCUT2D eigenvalue weighted by Gasteiger charge is -2.09. The summed E-state index contributed by atoms with van der Waals surface area (Å²) in [6.07, 6.45) is 0.704. The second-order valence-corrected chi connectivity index (χ2v) is 4.09. The van der Waals surface area contributed by atoms with Crippen LogP contribution in [0.1, 0.15) is 19.8 Å². The SMILES string of the molecule is CC(N)CCC(=O)Nc1ccc(OC(F)F)c(F)c1. The molecule has 0 aliphatic rings. The highest BCUT2D eigenvalue weighted by atomic mass is 19.3. The van der Waals surface area contributed by atoms with Crippen molar-refractivity contribution in [1.29, 1.82) is 0 Å². The average molecular weight is 276 g/mol. The van der Waals surface area contributed by atoms with Crippen LogP contribution >= 0.6 is 0 Å². The maximum Gasteiger partial charge on any atom is 0.387 e. The second-order valence-electron chi connectivity index (χ2n) is 4.09. The van der Waals surface area contributed by atoms with Gasteiger partial charge in [-0.2, -0.15) is 8.78 Å². The molecule has 1 atom stereocenters. The van der Waals surface area contributed by atoms with Gasteiger partial charge in [0.1, 0.15) is 0 Å². The molecule has 7 heteroatoms. The third-order valence-electron chi connectivity index (χ3n) is 2.26. The summed E-state index contributed by atoms with van der Waals surface area (Å²) < 4.78 is 41.1. The molecule has 0 saturated heterocycles. The minimum absolute atomic E-state index is 0.107. The summed E-state index contributed by atoms with van der Waals surface area (Å²) in [5, 5.41) is 2.44. The first-order chi connectivity index (χ1) is 8.88. The van der Waals surface area contributed by atoms with Gasteiger partial charge in [-0.15, -0.1) is 0 Å². The van der Waals surface area contributed by atoms with Gasteiger partial charge in [0.25, 0.3) is 0 Å². The summed E-state index contributed by atoms with van der Waals surface area (Å²) in [4.78, 5) is 11.5. The molecule has 4 nitrogen and oxygen atoms in total. The minimum Gasteiger partial charge on any atom is -0.432 e. The van der Waals surface area contributed by atoms with Crippen LogP contribution < -0.4 is 15.8 Å². The largest absolute Gasteiger partial charge is 0.432 e. The summed E-state index contributed by atoms with van der Waals surface area (Å²) in [6.45, 7) is -1.33. The fourth-order valence-electron chi connectivity index (χ4n) is 1.35. The Kier molecular flexibility index (Phi) is 5.62. The molecule has 1 aromatic carbocycles. The Hall–Kier alpha value is -1.76. The number of halogens is 3. The number of rotatable bonds is 6. The number of carbonyl (C=O) groups is 1. The monoisotopic (exact) mass is 276 g/mol. The molecule has 0 saturated carbocycles. The number of alkyl halides is 2. The highest BCUT2D eigenvalue weighted by molar-refractivity contribution is 5.90. The number of benzene rings is 1. The van der Waals surface area contributed by atoms with Gasteiger partial charge in [0.2, 0.25) is 5.91 Å². The van der Waals surface area contributed by atoms with Crippen LogP contribution in [-0.4, -0.2) is 18.6 Å². The molecule has 0 aliphatic carbocycles. The molecule has 106 valence electrons. The average Bonchev–Trinajstić information content (AvgIpc) is 2.29. The molecule has 0 aliphatic heterocycles. The predicted molar refractivity (Wildman–Crippen MR) is 64.5 cm³/mol. The molecule has 0 heterocycles. The van der Waals surface area contributed by atoms with E-state index in [0.29, 0.717) is 6.42 Å². The van der Waals surface area contributed by atoms with Gasteiger partial charge in [0.15, 0.2) is 11.6 Å². The first-order valence-electron chi connectivity index (χ1n) is 5.68. The molecule has 19 heavy (non-hydrogen) atoms. The van der Waals surface area contributed by atoms with Crippen LogP contribution in [-0.2, 0) is 4.79 Å². The summed E-state index contributed by atoms with van der Waals surface area (Å²) in [6, 6.07) is 3.12. The van der Waals surface area contributed by atoms with E-state index < -0.39 is 18.2 Å². The Balaban J connectivity index is 2.60. The van der Waals surface area contributed by atoms with Crippen molar-refractivity contribution in [3.63, 3.8) is 0 Å². The quantitative estimate of drug-likeness (QED) is 0.839. The lowest BCUT2D eigenvalue weighted by Crippen LogP contribution is -2.19. The third kappa shape index (κ3) is 5.60. The second kappa shape index (κ2) is 6.98. The summed E-state index contributed by atoms with van der Waals surface area (Å²) in [7, 11) is 0. The van der Waals surface area contributed by atoms with E-state index in [1.807, 2.05) is 0 Å². The van der Waals surface area contributed by atoms with E-state index in [0.717, 1.165) is 12.1 Å². The van der Waals surface area contributed by atoms with Crippen molar-refractivity contribution >= 4 is 11.6 Å². The van der Waals surface area contributed by atoms with E-state index in [4.69, 9.17) is 5.73 Å². The van der Waals surface area contributed by atoms with Gasteiger partial charge in [0.05, 0.1) is 0 Å². The Labute approximate surface area is 108 Å². The van der Waals surface area contributed by atoms with Crippen molar-refractivity contribution in [2.45, 2.75) is 32.4 Å². The molecule has 0 bridgehead atoms. The van der Waals surface area contributed by atoms with Crippen molar-refractivity contribution in [3.05, 3.63) is 24.0 Å². The number of ether oxygens (including phenoxy) is 1. The predicted octanol–water partition coefficient (Wildman–Crippen LogP) is 2.49. The van der Waals surface area contributed by atoms with Crippen LogP contribution in [0.3, 0.4) is 0 Å². The standard InChI is InChI=1S/C12H15F3N2O2/c1-7(16)2-5-11(18)17-8-3-4-10(9(13)6-8)19-12(14)15/h3-4,6-7,12H,2,5,16H2,1H3,(H,17,18). The van der Waals surface area contributed by atoms with Gasteiger partial charge in [0, 0.05) is 24.2 Å². The van der Waals surface area contributed by atoms with E-state index >= 15 is 0 Å². The summed E-state index contributed by atoms with van der Waals surface area (Å²) >= 11 is 0. The number of nitrogens with one attached hydrogen (secondary N) is 1. The van der Waals surface area contributed by atoms with Crippen molar-refractivity contribution < 1.29 is 22.7 Å². The van der Waals surface area contributed by atoms with E-state index in [1.54, 1.807) is 6.92 Å². The highest BCUT2D eigenvalue weighted by Crippen LogP contribution is 2.22. The number of carbonyl (C=O) groups excluding carboxylic acids is 1. The lowest BCUT2D eigenvalue weighted by atomic mass is 10.2. The summed E-state index contributed by atoms with van der Waals surface area (Å²) in [5.41, 5.74) is 5.67. The zero-order valence-electron chi connectivity index (χ0n) is 10.3. The van der Waals surface area contributed by atoms with Gasteiger partial charge in [-0.05, 0) is 25.5 Å². The fourth-order valence-corrected chi connectivity index (χ4v) is 1.35. The first kappa shape index (κ1) is 15.3. The van der Waals surface area contributed by atoms with Crippen LogP contribution in [0.25, 0.3) is 0 Å². The topological polar surface area (TPSA) is 64.4 Å². The van der Waals surface area contributed by atoms with Crippen LogP contribution in [0.4, 0.5) is 18.9 Å². The lowest BCUT2D eigenvalue weighted by molar-refractivity contribution is -0.116. The van der Waals surface area contributed by atoms with Crippen LogP contribution in [0.5, 0.6) is 5.75 Å². The fraction of sp³-hybridized carbons (Fsp3) is 0.417. The molecule has 0 spiro atoms. The van der Waals surface area contributed by atoms with Crippen LogP contribution in [0, 0.1) is 5.82 Å². The first-order valence-corrected chi connectivity index (χ1v) is 5.68. The molecule has 1 rings (SSSR count). The van der Waals surface area contributed by atoms with Gasteiger partial charge in [-0.25, -0.2) is 4.39 Å². The van der Waals surface area contributed by atoms with Gasteiger partial charge >= 0.3 is 6.61 Å². The number of hydrogen-bond acceptors (Lipinski definition) is 3. The van der Waals surface area contributed by atoms with Crippen molar-refractivity contribution in [2.24, 2.45) is 5.73 Å². The van der Waals surface area contributed by atoms with E-state index in [-0.39, 0.29) is 24.1 Å². The smallest absolute Gasteiger partial charge is 0.387 e. The molecule has 0 aromatic heterocycles. The van der Waals surface area contributed by atoms with E-state index in [9.17, 15) is 18.0 Å². The molecule has 1 unspecified atom stereocenters. The minimum atomic E-state index is -3.10. The zero-order valence-corrected chi connectivity index (χ0v) is 10.3. The Morgan fingerprint density at radius 2 is 2.16 bits per heavy atom. The third-order valence-corrected chi connectivity index (χ3v) is 2.26. The maximum atomic E-state index is 13.3. The van der Waals surface area contributed by atoms with Gasteiger partial charge in [-0.1, -0.05) is 0 Å². The Morgan fingerprint density at radius 1 is 1.47 bits per heavy atom. The molecular weight excluding hydrogens is 261 g/mol. The molecule has 1 aromatic rings. The maximum absolute atomic E-state index is 13.3. The van der Waals surface area contributed by atoms with E-state index in [2.05, 4.69) is 10.1 Å². The summed E-state index contributed by atoms with van der Waals surface area (Å²) in [5.74, 6) is -1.85. The van der Waals surface area contributed by atoms with Crippen molar-refractivity contribution in [3.8, 4) is 5.75 Å². The Morgan fingerprint density at radius 3 is 2.68 bits per heavy atom. The van der Waals surface area contributed by atoms with Crippen molar-refractivity contribution in [2.75, 3.05) is 5.32 Å². The van der Waals surface area contributed by atoms with Crippen LogP contribution in [0.15, 0.2) is 18.2 Å². The number of amides is 1. The molecule has 1 amide bonds. The van der Waals surface area contributed by atoms with Crippen LogP contribution in [0.2, 0.25) is 0 Å². The Bertz CT molecular complexity index is 439. The normalized spacial score (nSPS) is 12.3. The zero-order chi connectivity index (χ0) is 14.4. The van der Waals surface area contributed by atoms with E-state index in [1.165, 1.54) is 6.07 Å². The molecular formula is C12H15F3N2O2. The number of anilines is 1. The van der Waals surface area contributed by atoms with Gasteiger partial charge < -0.3 is 15.8 Å². The highest BCUT2D eigenvalue weighted by Gasteiger charge is 2.11.